The molecule has 1 N–H and O–H groups in total. The molecule has 82 valence electrons. The summed E-state index contributed by atoms with van der Waals surface area (Å²) in [6.45, 7) is 0. The van der Waals surface area contributed by atoms with Gasteiger partial charge < -0.3 is 0 Å². The molecule has 1 aromatic carbocycles. The van der Waals surface area contributed by atoms with Gasteiger partial charge in [0.15, 0.2) is 0 Å². The molecule has 1 saturated carbocycles. The first kappa shape index (κ1) is 11.9. The van der Waals surface area contributed by atoms with Gasteiger partial charge in [0, 0.05) is 12.8 Å². The van der Waals surface area contributed by atoms with Crippen molar-refractivity contribution < 1.29 is 13.2 Å². The quantitative estimate of drug-likeness (QED) is 0.818. The average Bonchev–Trinajstić information content (AvgIpc) is 3.03. The predicted octanol–water partition coefficient (Wildman–Crippen LogP) is 0.944. The third-order valence-corrected chi connectivity index (χ3v) is 3.21. The van der Waals surface area contributed by atoms with E-state index in [2.05, 4.69) is 4.72 Å². The van der Waals surface area contributed by atoms with Crippen molar-refractivity contribution in [1.29, 1.82) is 0 Å². The second-order valence-electron chi connectivity index (χ2n) is 3.06. The Morgan fingerprint density at radius 1 is 1.13 bits per heavy atom. The van der Waals surface area contributed by atoms with E-state index in [-0.39, 0.29) is 0 Å². The summed E-state index contributed by atoms with van der Waals surface area (Å²) in [7, 11) is -1.86. The third kappa shape index (κ3) is 4.22. The summed E-state index contributed by atoms with van der Waals surface area (Å²) in [5.74, 6) is 0.417. The van der Waals surface area contributed by atoms with Gasteiger partial charge in [0.25, 0.3) is 0 Å². The highest BCUT2D eigenvalue weighted by molar-refractivity contribution is 7.89. The van der Waals surface area contributed by atoms with E-state index >= 15 is 0 Å². The number of hydrogen-bond acceptors (Lipinski definition) is 3. The standard InChI is InChI=1S/C7H9NO2S.C3H4O/c1-8-11(9,10)7-5-3-2-4-6-7;4-3-1-2-3/h2-6,8H,1H3;1-2H2. The van der Waals surface area contributed by atoms with Gasteiger partial charge >= 0.3 is 0 Å². The molecular formula is C10H13NO3S. The van der Waals surface area contributed by atoms with Gasteiger partial charge in [0.05, 0.1) is 4.90 Å². The molecule has 1 aromatic rings. The van der Waals surface area contributed by atoms with Crippen LogP contribution in [0.3, 0.4) is 0 Å². The summed E-state index contributed by atoms with van der Waals surface area (Å²) < 4.78 is 24.4. The molecule has 0 radical (unpaired) electrons. The SMILES string of the molecule is CNS(=O)(=O)c1ccccc1.O=C1CC1. The maximum Gasteiger partial charge on any atom is 0.240 e. The number of benzene rings is 1. The number of hydrogen-bond donors (Lipinski definition) is 1. The number of nitrogens with one attached hydrogen (secondary N) is 1. The van der Waals surface area contributed by atoms with Crippen molar-refractivity contribution in [3.05, 3.63) is 30.3 Å². The number of sulfonamides is 1. The van der Waals surface area contributed by atoms with Gasteiger partial charge in [-0.3, -0.25) is 4.79 Å². The van der Waals surface area contributed by atoms with Gasteiger partial charge in [-0.1, -0.05) is 18.2 Å². The lowest BCUT2D eigenvalue weighted by atomic mass is 10.4. The van der Waals surface area contributed by atoms with Crippen LogP contribution in [0.15, 0.2) is 35.2 Å². The van der Waals surface area contributed by atoms with Crippen LogP contribution in [0, 0.1) is 0 Å². The maximum absolute atomic E-state index is 11.1. The average molecular weight is 227 g/mol. The number of ketones is 1. The van der Waals surface area contributed by atoms with E-state index in [9.17, 15) is 13.2 Å². The summed E-state index contributed by atoms with van der Waals surface area (Å²) in [6, 6.07) is 8.24. The molecule has 0 bridgehead atoms. The second-order valence-corrected chi connectivity index (χ2v) is 4.95. The second kappa shape index (κ2) is 5.04. The van der Waals surface area contributed by atoms with Crippen LogP contribution in [0.25, 0.3) is 0 Å². The van der Waals surface area contributed by atoms with Crippen molar-refractivity contribution in [2.75, 3.05) is 7.05 Å². The minimum Gasteiger partial charge on any atom is -0.300 e. The molecule has 0 heterocycles. The summed E-state index contributed by atoms with van der Waals surface area (Å²) in [5.41, 5.74) is 0. The van der Waals surface area contributed by atoms with Crippen LogP contribution >= 0.6 is 0 Å². The van der Waals surface area contributed by atoms with Gasteiger partial charge in [-0.2, -0.15) is 0 Å². The van der Waals surface area contributed by atoms with Crippen LogP contribution in [0.2, 0.25) is 0 Å². The summed E-state index contributed by atoms with van der Waals surface area (Å²) in [5, 5.41) is 0. The molecule has 0 amide bonds. The lowest BCUT2D eigenvalue weighted by Crippen LogP contribution is -2.18. The van der Waals surface area contributed by atoms with Crippen molar-refractivity contribution in [1.82, 2.24) is 4.72 Å². The molecule has 15 heavy (non-hydrogen) atoms. The Bertz CT molecular complexity index is 419. The minimum atomic E-state index is -3.25. The number of carbonyl (C=O) groups is 1. The Balaban J connectivity index is 0.000000234. The van der Waals surface area contributed by atoms with E-state index < -0.39 is 10.0 Å². The van der Waals surface area contributed by atoms with E-state index in [0.29, 0.717) is 10.7 Å². The topological polar surface area (TPSA) is 63.2 Å². The molecule has 0 aromatic heterocycles. The Kier molecular flexibility index (Phi) is 3.99. The number of carbonyl (C=O) groups excluding carboxylic acids is 1. The molecule has 0 aliphatic heterocycles. The molecule has 0 spiro atoms. The molecule has 0 atom stereocenters. The molecule has 5 heteroatoms. The van der Waals surface area contributed by atoms with E-state index in [1.54, 1.807) is 30.3 Å². The molecule has 1 fully saturated rings. The van der Waals surface area contributed by atoms with Crippen molar-refractivity contribution in [3.63, 3.8) is 0 Å². The lowest BCUT2D eigenvalue weighted by molar-refractivity contribution is -0.109. The van der Waals surface area contributed by atoms with Crippen LogP contribution in [0.4, 0.5) is 0 Å². The maximum atomic E-state index is 11.1. The zero-order valence-corrected chi connectivity index (χ0v) is 9.25. The summed E-state index contributed by atoms with van der Waals surface area (Å²) in [4.78, 5) is 9.85. The zero-order valence-electron chi connectivity index (χ0n) is 8.43. The van der Waals surface area contributed by atoms with Crippen LogP contribution in [0.5, 0.6) is 0 Å². The van der Waals surface area contributed by atoms with Crippen LogP contribution < -0.4 is 4.72 Å². The minimum absolute atomic E-state index is 0.294. The predicted molar refractivity (Wildman–Crippen MR) is 56.9 cm³/mol. The zero-order chi connectivity index (χ0) is 11.3. The third-order valence-electron chi connectivity index (χ3n) is 1.78. The molecule has 1 aliphatic rings. The first-order valence-electron chi connectivity index (χ1n) is 4.56. The summed E-state index contributed by atoms with van der Waals surface area (Å²) in [6.07, 6.45) is 1.69. The highest BCUT2D eigenvalue weighted by Crippen LogP contribution is 2.08. The number of rotatable bonds is 2. The Hall–Kier alpha value is -1.20. The number of Topliss-reactive ketones (excluding diaryl/α,β-unsaturated/α-hetero) is 1. The lowest BCUT2D eigenvalue weighted by Gasteiger charge is -1.99. The van der Waals surface area contributed by atoms with Crippen LogP contribution in [0.1, 0.15) is 12.8 Å². The van der Waals surface area contributed by atoms with E-state index in [0.717, 1.165) is 12.8 Å². The molecular weight excluding hydrogens is 214 g/mol. The van der Waals surface area contributed by atoms with Crippen LogP contribution in [-0.4, -0.2) is 21.2 Å². The van der Waals surface area contributed by atoms with Crippen molar-refractivity contribution in [3.8, 4) is 0 Å². The van der Waals surface area contributed by atoms with Gasteiger partial charge in [-0.25, -0.2) is 13.1 Å². The molecule has 2 rings (SSSR count). The first-order chi connectivity index (χ1) is 7.06. The van der Waals surface area contributed by atoms with Crippen LogP contribution in [-0.2, 0) is 14.8 Å². The van der Waals surface area contributed by atoms with Gasteiger partial charge in [0.1, 0.15) is 5.78 Å². The normalized spacial score (nSPS) is 14.1. The van der Waals surface area contributed by atoms with Crippen molar-refractivity contribution >= 4 is 15.8 Å². The van der Waals surface area contributed by atoms with Crippen molar-refractivity contribution in [2.45, 2.75) is 17.7 Å². The van der Waals surface area contributed by atoms with Crippen molar-refractivity contribution in [2.24, 2.45) is 0 Å². The fourth-order valence-electron chi connectivity index (χ4n) is 0.769. The van der Waals surface area contributed by atoms with Gasteiger partial charge in [0.2, 0.25) is 10.0 Å². The van der Waals surface area contributed by atoms with E-state index in [1.165, 1.54) is 7.05 Å². The molecule has 4 nitrogen and oxygen atoms in total. The fraction of sp³-hybridized carbons (Fsp3) is 0.300. The highest BCUT2D eigenvalue weighted by atomic mass is 32.2. The van der Waals surface area contributed by atoms with Gasteiger partial charge in [-0.05, 0) is 19.2 Å². The van der Waals surface area contributed by atoms with E-state index in [4.69, 9.17) is 0 Å². The Morgan fingerprint density at radius 3 is 1.93 bits per heavy atom. The smallest absolute Gasteiger partial charge is 0.240 e. The Labute approximate surface area is 89.4 Å². The monoisotopic (exact) mass is 227 g/mol. The highest BCUT2D eigenvalue weighted by Gasteiger charge is 2.13. The largest absolute Gasteiger partial charge is 0.300 e. The first-order valence-corrected chi connectivity index (χ1v) is 6.05. The fourth-order valence-corrected chi connectivity index (χ4v) is 1.52. The van der Waals surface area contributed by atoms with E-state index in [1.807, 2.05) is 0 Å². The van der Waals surface area contributed by atoms with Gasteiger partial charge in [-0.15, -0.1) is 0 Å². The molecule has 0 saturated heterocycles. The summed E-state index contributed by atoms with van der Waals surface area (Å²) >= 11 is 0. The molecule has 1 aliphatic carbocycles. The molecule has 0 unspecified atom stereocenters. The Morgan fingerprint density at radius 2 is 1.60 bits per heavy atom.